The van der Waals surface area contributed by atoms with Crippen LogP contribution in [0.5, 0.6) is 11.5 Å². The van der Waals surface area contributed by atoms with Crippen molar-refractivity contribution >= 4 is 33.2 Å². The van der Waals surface area contributed by atoms with Crippen molar-refractivity contribution in [3.63, 3.8) is 0 Å². The van der Waals surface area contributed by atoms with Gasteiger partial charge in [0.25, 0.3) is 0 Å². The first-order valence-electron chi connectivity index (χ1n) is 12.7. The van der Waals surface area contributed by atoms with E-state index in [-0.39, 0.29) is 22.8 Å². The minimum Gasteiger partial charge on any atom is -0.457 e. The number of aliphatic hydroxyl groups excluding tert-OH is 1. The lowest BCUT2D eigenvalue weighted by molar-refractivity contribution is 0.0953. The molecule has 0 atom stereocenters. The molecule has 4 rings (SSSR count). The molecule has 0 heterocycles. The van der Waals surface area contributed by atoms with Gasteiger partial charge < -0.3 is 9.84 Å². The molecule has 0 radical (unpaired) electrons. The third-order valence-electron chi connectivity index (χ3n) is 6.50. The summed E-state index contributed by atoms with van der Waals surface area (Å²) in [5.74, 6) is 0.945. The van der Waals surface area contributed by atoms with Crippen LogP contribution in [-0.4, -0.2) is 42.2 Å². The molecule has 0 spiro atoms. The summed E-state index contributed by atoms with van der Waals surface area (Å²) in [5, 5.41) is 8.95. The number of hydrogen-bond donors (Lipinski definition) is 1. The molecular weight excluding hydrogens is 544 g/mol. The van der Waals surface area contributed by atoms with Gasteiger partial charge in [-0.1, -0.05) is 17.7 Å². The van der Waals surface area contributed by atoms with Crippen LogP contribution in [0.2, 0.25) is 0 Å². The van der Waals surface area contributed by atoms with Crippen LogP contribution in [0.3, 0.4) is 0 Å². The van der Waals surface area contributed by atoms with Crippen LogP contribution < -0.4 is 4.74 Å². The van der Waals surface area contributed by atoms with Gasteiger partial charge in [-0.25, -0.2) is 8.42 Å². The van der Waals surface area contributed by atoms with Gasteiger partial charge >= 0.3 is 0 Å². The average molecular weight is 575 g/mol. The standard InChI is InChI=1S/C32H30O6S2/c1-22-4-18-29(19-5-22)40(36,37)32(2,3)31(35)25-8-14-27(15-9-25)38-26-12-6-23(7-13-26)30(34)24-10-16-28(17-11-24)39-21-20-33/h4-19,33H,20-21H2,1-3H3. The van der Waals surface area contributed by atoms with Gasteiger partial charge in [0.1, 0.15) is 16.2 Å². The summed E-state index contributed by atoms with van der Waals surface area (Å²) in [7, 11) is -3.92. The Morgan fingerprint density at radius 1 is 0.750 bits per heavy atom. The summed E-state index contributed by atoms with van der Waals surface area (Å²) in [6.45, 7) is 4.80. The Labute approximate surface area is 239 Å². The van der Waals surface area contributed by atoms with Crippen LogP contribution in [-0.2, 0) is 9.84 Å². The number of hydrogen-bond acceptors (Lipinski definition) is 7. The van der Waals surface area contributed by atoms with Crippen molar-refractivity contribution in [3.8, 4) is 11.5 Å². The molecule has 40 heavy (non-hydrogen) atoms. The first-order chi connectivity index (χ1) is 19.0. The normalized spacial score (nSPS) is 11.7. The van der Waals surface area contributed by atoms with Crippen molar-refractivity contribution in [2.24, 2.45) is 0 Å². The zero-order valence-corrected chi connectivity index (χ0v) is 24.1. The number of sulfone groups is 1. The van der Waals surface area contributed by atoms with Crippen molar-refractivity contribution in [1.82, 2.24) is 0 Å². The highest BCUT2D eigenvalue weighted by Gasteiger charge is 2.43. The van der Waals surface area contributed by atoms with Crippen LogP contribution in [0.1, 0.15) is 45.7 Å². The first kappa shape index (κ1) is 29.3. The van der Waals surface area contributed by atoms with Crippen LogP contribution >= 0.6 is 11.8 Å². The predicted molar refractivity (Wildman–Crippen MR) is 157 cm³/mol. The maximum atomic E-state index is 13.2. The number of benzene rings is 4. The number of carbonyl (C=O) groups is 2. The van der Waals surface area contributed by atoms with Crippen LogP contribution in [0, 0.1) is 6.92 Å². The summed E-state index contributed by atoms with van der Waals surface area (Å²) in [5.41, 5.74) is 2.27. The molecule has 0 fully saturated rings. The number of aliphatic hydroxyl groups is 1. The lowest BCUT2D eigenvalue weighted by atomic mass is 10.0. The van der Waals surface area contributed by atoms with E-state index in [4.69, 9.17) is 9.84 Å². The Hall–Kier alpha value is -3.72. The van der Waals surface area contributed by atoms with Gasteiger partial charge in [-0.05, 0) is 106 Å². The molecule has 0 unspecified atom stereocenters. The molecular formula is C32H30O6S2. The number of ketones is 2. The van der Waals surface area contributed by atoms with Gasteiger partial charge in [-0.2, -0.15) is 0 Å². The number of thioether (sulfide) groups is 1. The van der Waals surface area contributed by atoms with Crippen LogP contribution in [0.25, 0.3) is 0 Å². The smallest absolute Gasteiger partial charge is 0.193 e. The SMILES string of the molecule is Cc1ccc(S(=O)(=O)C(C)(C)C(=O)c2ccc(Oc3ccc(C(=O)c4ccc(SCCO)cc4)cc3)cc2)cc1. The lowest BCUT2D eigenvalue weighted by Gasteiger charge is -2.23. The molecule has 0 amide bonds. The number of rotatable bonds is 11. The third kappa shape index (κ3) is 6.36. The summed E-state index contributed by atoms with van der Waals surface area (Å²) in [4.78, 5) is 27.2. The summed E-state index contributed by atoms with van der Waals surface area (Å²) in [6.07, 6.45) is 0. The second-order valence-corrected chi connectivity index (χ2v) is 13.4. The minimum absolute atomic E-state index is 0.0963. The molecule has 0 bridgehead atoms. The van der Waals surface area contributed by atoms with E-state index in [1.807, 2.05) is 19.1 Å². The maximum absolute atomic E-state index is 13.2. The molecule has 1 N–H and O–H groups in total. The monoisotopic (exact) mass is 574 g/mol. The van der Waals surface area contributed by atoms with Crippen molar-refractivity contribution in [3.05, 3.63) is 119 Å². The second-order valence-electron chi connectivity index (χ2n) is 9.73. The van der Waals surface area contributed by atoms with E-state index in [1.165, 1.54) is 37.7 Å². The van der Waals surface area contributed by atoms with Crippen molar-refractivity contribution < 1.29 is 27.9 Å². The van der Waals surface area contributed by atoms with Crippen LogP contribution in [0.15, 0.2) is 107 Å². The molecule has 0 aliphatic carbocycles. The summed E-state index contributed by atoms with van der Waals surface area (Å²) >= 11 is 1.52. The van der Waals surface area contributed by atoms with Crippen molar-refractivity contribution in [2.75, 3.05) is 12.4 Å². The Morgan fingerprint density at radius 2 is 1.23 bits per heavy atom. The van der Waals surface area contributed by atoms with Gasteiger partial charge in [0.2, 0.25) is 0 Å². The topological polar surface area (TPSA) is 97.7 Å². The van der Waals surface area contributed by atoms with Gasteiger partial charge in [0.05, 0.1) is 11.5 Å². The number of carbonyl (C=O) groups excluding carboxylic acids is 2. The van der Waals surface area contributed by atoms with Gasteiger partial charge in [-0.3, -0.25) is 9.59 Å². The Morgan fingerprint density at radius 3 is 1.73 bits per heavy atom. The average Bonchev–Trinajstić information content (AvgIpc) is 2.96. The quantitative estimate of drug-likeness (QED) is 0.160. The zero-order valence-electron chi connectivity index (χ0n) is 22.5. The maximum Gasteiger partial charge on any atom is 0.193 e. The molecule has 0 aliphatic rings. The molecule has 0 aromatic heterocycles. The molecule has 4 aromatic carbocycles. The largest absolute Gasteiger partial charge is 0.457 e. The Balaban J connectivity index is 1.42. The summed E-state index contributed by atoms with van der Waals surface area (Å²) in [6, 6.07) is 26.8. The highest BCUT2D eigenvalue weighted by Crippen LogP contribution is 2.31. The highest BCUT2D eigenvalue weighted by molar-refractivity contribution is 7.99. The first-order valence-corrected chi connectivity index (χ1v) is 15.1. The molecule has 0 saturated heterocycles. The van der Waals surface area contributed by atoms with Gasteiger partial charge in [0, 0.05) is 27.3 Å². The van der Waals surface area contributed by atoms with E-state index < -0.39 is 20.4 Å². The molecule has 8 heteroatoms. The predicted octanol–water partition coefficient (Wildman–Crippen LogP) is 6.54. The number of aryl methyl sites for hydroxylation is 1. The Bertz CT molecular complexity index is 1590. The van der Waals surface area contributed by atoms with E-state index in [0.717, 1.165) is 10.5 Å². The summed E-state index contributed by atoms with van der Waals surface area (Å²) < 4.78 is 30.7. The third-order valence-corrected chi connectivity index (χ3v) is 9.91. The molecule has 0 aliphatic heterocycles. The van der Waals surface area contributed by atoms with E-state index in [0.29, 0.717) is 28.4 Å². The van der Waals surface area contributed by atoms with Gasteiger partial charge in [-0.15, -0.1) is 11.8 Å². The van der Waals surface area contributed by atoms with Crippen molar-refractivity contribution in [1.29, 1.82) is 0 Å². The highest BCUT2D eigenvalue weighted by atomic mass is 32.2. The zero-order chi connectivity index (χ0) is 28.9. The van der Waals surface area contributed by atoms with E-state index >= 15 is 0 Å². The fourth-order valence-corrected chi connectivity index (χ4v) is 6.10. The fourth-order valence-electron chi connectivity index (χ4n) is 4.00. The van der Waals surface area contributed by atoms with Crippen molar-refractivity contribution in [2.45, 2.75) is 35.3 Å². The molecule has 206 valence electrons. The fraction of sp³-hybridized carbons (Fsp3) is 0.188. The number of ether oxygens (including phenoxy) is 1. The number of Topliss-reactive ketones (excluding diaryl/α,β-unsaturated/α-hetero) is 1. The van der Waals surface area contributed by atoms with E-state index in [2.05, 4.69) is 0 Å². The lowest BCUT2D eigenvalue weighted by Crippen LogP contribution is -2.40. The molecule has 0 saturated carbocycles. The Kier molecular flexibility index (Phi) is 8.93. The minimum atomic E-state index is -3.92. The van der Waals surface area contributed by atoms with Crippen LogP contribution in [0.4, 0.5) is 0 Å². The van der Waals surface area contributed by atoms with E-state index in [9.17, 15) is 18.0 Å². The van der Waals surface area contributed by atoms with E-state index in [1.54, 1.807) is 72.8 Å². The molecule has 4 aromatic rings. The second kappa shape index (κ2) is 12.2. The molecule has 6 nitrogen and oxygen atoms in total. The van der Waals surface area contributed by atoms with Gasteiger partial charge in [0.15, 0.2) is 21.4 Å².